The van der Waals surface area contributed by atoms with E-state index in [4.69, 9.17) is 0 Å². The standard InChI is InChI=1S/C8H13NS.C2H6/c1-8(5-7-10)4-6-9(2)3;1-2/h4-7H,1-3H3;1-2H3/b6-4-,8-5-;. The van der Waals surface area contributed by atoms with E-state index in [0.717, 1.165) is 0 Å². The van der Waals surface area contributed by atoms with Crippen LogP contribution in [-0.2, 0) is 0 Å². The van der Waals surface area contributed by atoms with Crippen molar-refractivity contribution < 1.29 is 0 Å². The molecule has 0 aromatic carbocycles. The summed E-state index contributed by atoms with van der Waals surface area (Å²) in [6.07, 6.45) is 5.91. The van der Waals surface area contributed by atoms with Crippen molar-refractivity contribution in [1.29, 1.82) is 0 Å². The fraction of sp³-hybridized carbons (Fsp3) is 0.500. The lowest BCUT2D eigenvalue weighted by Gasteiger charge is -2.02. The van der Waals surface area contributed by atoms with Gasteiger partial charge in [-0.15, -0.1) is 0 Å². The molecule has 70 valence electrons. The highest BCUT2D eigenvalue weighted by Gasteiger charge is 1.78. The van der Waals surface area contributed by atoms with Gasteiger partial charge in [-0.2, -0.15) is 0 Å². The second kappa shape index (κ2) is 10.4. The van der Waals surface area contributed by atoms with Gasteiger partial charge in [-0.05, 0) is 30.8 Å². The van der Waals surface area contributed by atoms with Gasteiger partial charge in [-0.1, -0.05) is 26.1 Å². The smallest absolute Gasteiger partial charge is 0.00556 e. The highest BCUT2D eigenvalue weighted by molar-refractivity contribution is 7.79. The van der Waals surface area contributed by atoms with Crippen molar-refractivity contribution in [3.63, 3.8) is 0 Å². The number of rotatable bonds is 3. The Morgan fingerprint density at radius 3 is 2.08 bits per heavy atom. The molecule has 0 heterocycles. The maximum atomic E-state index is 4.66. The lowest BCUT2D eigenvalue weighted by atomic mass is 10.3. The Labute approximate surface area is 81.8 Å². The van der Waals surface area contributed by atoms with Gasteiger partial charge in [0.15, 0.2) is 0 Å². The Bertz CT molecular complexity index is 157. The first-order valence-electron chi connectivity index (χ1n) is 4.13. The molecule has 0 radical (unpaired) electrons. The molecule has 12 heavy (non-hydrogen) atoms. The molecular weight excluding hydrogens is 166 g/mol. The third-order valence-electron chi connectivity index (χ3n) is 0.967. The molecule has 0 N–H and O–H groups in total. The number of thiocarbonyl (C=S) groups is 1. The van der Waals surface area contributed by atoms with Gasteiger partial charge in [-0.25, -0.2) is 0 Å². The maximum absolute atomic E-state index is 4.66. The zero-order valence-corrected chi connectivity index (χ0v) is 9.48. The monoisotopic (exact) mass is 185 g/mol. The number of allylic oxidation sites excluding steroid dienone is 3. The first-order valence-corrected chi connectivity index (χ1v) is 4.60. The van der Waals surface area contributed by atoms with Crippen LogP contribution in [0.4, 0.5) is 0 Å². The predicted molar refractivity (Wildman–Crippen MR) is 61.6 cm³/mol. The molecule has 0 aliphatic carbocycles. The van der Waals surface area contributed by atoms with E-state index >= 15 is 0 Å². The normalized spacial score (nSPS) is 10.6. The van der Waals surface area contributed by atoms with E-state index in [2.05, 4.69) is 12.2 Å². The topological polar surface area (TPSA) is 3.24 Å². The van der Waals surface area contributed by atoms with E-state index in [1.165, 1.54) is 5.57 Å². The quantitative estimate of drug-likeness (QED) is 0.378. The molecule has 0 aromatic rings. The molecule has 1 nitrogen and oxygen atoms in total. The van der Waals surface area contributed by atoms with Gasteiger partial charge in [0.2, 0.25) is 0 Å². The van der Waals surface area contributed by atoms with Gasteiger partial charge in [0, 0.05) is 19.5 Å². The molecule has 2 heteroatoms. The first kappa shape index (κ1) is 13.9. The summed E-state index contributed by atoms with van der Waals surface area (Å²) in [5, 5.41) is 1.62. The summed E-state index contributed by atoms with van der Waals surface area (Å²) in [6.45, 7) is 6.02. The van der Waals surface area contributed by atoms with Crippen molar-refractivity contribution in [3.8, 4) is 0 Å². The van der Waals surface area contributed by atoms with Crippen LogP contribution in [0.25, 0.3) is 0 Å². The highest BCUT2D eigenvalue weighted by atomic mass is 32.1. The minimum absolute atomic E-state index is 1.17. The van der Waals surface area contributed by atoms with E-state index in [9.17, 15) is 0 Å². The van der Waals surface area contributed by atoms with Crippen molar-refractivity contribution in [2.24, 2.45) is 0 Å². The largest absolute Gasteiger partial charge is 0.383 e. The summed E-state index contributed by atoms with van der Waals surface area (Å²) in [4.78, 5) is 1.99. The summed E-state index contributed by atoms with van der Waals surface area (Å²) in [5.74, 6) is 0. The fourth-order valence-electron chi connectivity index (χ4n) is 0.430. The third kappa shape index (κ3) is 12.1. The summed E-state index contributed by atoms with van der Waals surface area (Å²) in [7, 11) is 3.97. The molecule has 0 atom stereocenters. The Morgan fingerprint density at radius 1 is 1.25 bits per heavy atom. The second-order valence-electron chi connectivity index (χ2n) is 2.33. The number of hydrogen-bond acceptors (Lipinski definition) is 2. The average molecular weight is 185 g/mol. The second-order valence-corrected chi connectivity index (χ2v) is 2.60. The SMILES string of the molecule is CC.CC(/C=C\N(C)C)=C/C=S. The van der Waals surface area contributed by atoms with Gasteiger partial charge in [0.05, 0.1) is 0 Å². The molecule has 0 amide bonds. The summed E-state index contributed by atoms with van der Waals surface area (Å²) in [6, 6.07) is 0. The van der Waals surface area contributed by atoms with Crippen molar-refractivity contribution >= 4 is 17.6 Å². The van der Waals surface area contributed by atoms with Crippen molar-refractivity contribution in [3.05, 3.63) is 23.9 Å². The lowest BCUT2D eigenvalue weighted by Crippen LogP contribution is -1.99. The van der Waals surface area contributed by atoms with Crippen LogP contribution in [0, 0.1) is 0 Å². The van der Waals surface area contributed by atoms with E-state index in [0.29, 0.717) is 0 Å². The van der Waals surface area contributed by atoms with E-state index in [-0.39, 0.29) is 0 Å². The van der Waals surface area contributed by atoms with Crippen molar-refractivity contribution in [2.45, 2.75) is 20.8 Å². The Morgan fingerprint density at radius 2 is 1.75 bits per heavy atom. The summed E-state index contributed by atoms with van der Waals surface area (Å²) in [5.41, 5.74) is 1.17. The molecule has 0 aliphatic rings. The van der Waals surface area contributed by atoms with Crippen LogP contribution < -0.4 is 0 Å². The van der Waals surface area contributed by atoms with Crippen molar-refractivity contribution in [2.75, 3.05) is 14.1 Å². The Kier molecular flexibility index (Phi) is 12.0. The molecule has 0 fully saturated rings. The average Bonchev–Trinajstić information content (AvgIpc) is 2.05. The molecule has 0 aliphatic heterocycles. The van der Waals surface area contributed by atoms with Gasteiger partial charge < -0.3 is 4.90 Å². The molecule has 0 rings (SSSR count). The maximum Gasteiger partial charge on any atom is 0.00556 e. The molecule has 0 bridgehead atoms. The zero-order chi connectivity index (χ0) is 9.98. The highest BCUT2D eigenvalue weighted by Crippen LogP contribution is 1.93. The zero-order valence-electron chi connectivity index (χ0n) is 8.66. The number of nitrogens with zero attached hydrogens (tertiary/aromatic N) is 1. The third-order valence-corrected chi connectivity index (χ3v) is 1.10. The molecule has 0 unspecified atom stereocenters. The minimum atomic E-state index is 1.17. The van der Waals surface area contributed by atoms with E-state index < -0.39 is 0 Å². The van der Waals surface area contributed by atoms with Crippen molar-refractivity contribution in [1.82, 2.24) is 4.90 Å². The Hall–Kier alpha value is -0.630. The van der Waals surface area contributed by atoms with Crippen LogP contribution in [0.3, 0.4) is 0 Å². The minimum Gasteiger partial charge on any atom is -0.383 e. The van der Waals surface area contributed by atoms with Gasteiger partial charge in [0.1, 0.15) is 0 Å². The fourth-order valence-corrected chi connectivity index (χ4v) is 0.644. The van der Waals surface area contributed by atoms with Crippen LogP contribution in [0.1, 0.15) is 20.8 Å². The van der Waals surface area contributed by atoms with Crippen LogP contribution in [0.2, 0.25) is 0 Å². The predicted octanol–water partition coefficient (Wildman–Crippen LogP) is 3.03. The van der Waals surface area contributed by atoms with Gasteiger partial charge in [-0.3, -0.25) is 0 Å². The molecule has 0 saturated heterocycles. The number of hydrogen-bond donors (Lipinski definition) is 0. The lowest BCUT2D eigenvalue weighted by molar-refractivity contribution is 0.563. The van der Waals surface area contributed by atoms with Gasteiger partial charge in [0.25, 0.3) is 0 Å². The molecule has 0 aromatic heterocycles. The van der Waals surface area contributed by atoms with Crippen LogP contribution >= 0.6 is 12.2 Å². The summed E-state index contributed by atoms with van der Waals surface area (Å²) >= 11 is 4.66. The van der Waals surface area contributed by atoms with E-state index in [1.54, 1.807) is 5.37 Å². The first-order chi connectivity index (χ1) is 5.66. The molecular formula is C10H19NS. The molecule has 0 spiro atoms. The molecule has 0 saturated carbocycles. The summed E-state index contributed by atoms with van der Waals surface area (Å²) < 4.78 is 0. The van der Waals surface area contributed by atoms with Gasteiger partial charge >= 0.3 is 0 Å². The van der Waals surface area contributed by atoms with Crippen LogP contribution in [0.5, 0.6) is 0 Å². The Balaban J connectivity index is 0. The van der Waals surface area contributed by atoms with E-state index in [1.807, 2.05) is 58.1 Å². The van der Waals surface area contributed by atoms with Crippen LogP contribution in [-0.4, -0.2) is 24.4 Å². The van der Waals surface area contributed by atoms with Crippen LogP contribution in [0.15, 0.2) is 23.9 Å².